The zero-order valence-corrected chi connectivity index (χ0v) is 15.8. The van der Waals surface area contributed by atoms with Gasteiger partial charge in [0.15, 0.2) is 0 Å². The van der Waals surface area contributed by atoms with Crippen LogP contribution in [0.25, 0.3) is 11.1 Å². The van der Waals surface area contributed by atoms with Gasteiger partial charge < -0.3 is 14.0 Å². The fourth-order valence-electron chi connectivity index (χ4n) is 3.07. The van der Waals surface area contributed by atoms with Gasteiger partial charge in [-0.2, -0.15) is 0 Å². The molecular weight excluding hydrogens is 332 g/mol. The minimum Gasteiger partial charge on any atom is -0.496 e. The molecule has 6 nitrogen and oxygen atoms in total. The molecule has 0 spiro atoms. The van der Waals surface area contributed by atoms with Gasteiger partial charge in [-0.15, -0.1) is 0 Å². The van der Waals surface area contributed by atoms with Crippen molar-refractivity contribution in [2.45, 2.75) is 39.5 Å². The Hall–Kier alpha value is -2.76. The summed E-state index contributed by atoms with van der Waals surface area (Å²) in [6, 6.07) is 7.46. The summed E-state index contributed by atoms with van der Waals surface area (Å²) in [5.41, 5.74) is 2.68. The number of ether oxygens (including phenoxy) is 2. The second kappa shape index (κ2) is 6.52. The van der Waals surface area contributed by atoms with Crippen LogP contribution >= 0.6 is 0 Å². The first-order valence-electron chi connectivity index (χ1n) is 8.53. The molecule has 0 radical (unpaired) electrons. The van der Waals surface area contributed by atoms with Crippen molar-refractivity contribution in [3.05, 3.63) is 51.9 Å². The molecule has 2 aromatic rings. The third-order valence-electron chi connectivity index (χ3n) is 4.31. The summed E-state index contributed by atoms with van der Waals surface area (Å²) in [5.74, 6) is 0.623. The van der Waals surface area contributed by atoms with Gasteiger partial charge in [-0.3, -0.25) is 9.69 Å². The molecular formula is C20H24N2O4. The van der Waals surface area contributed by atoms with Crippen molar-refractivity contribution in [3.63, 3.8) is 0 Å². The first-order chi connectivity index (χ1) is 12.2. The average Bonchev–Trinajstić information content (AvgIpc) is 2.98. The number of fused-ring (bicyclic) bond motifs is 1. The van der Waals surface area contributed by atoms with Gasteiger partial charge in [-0.1, -0.05) is 0 Å². The van der Waals surface area contributed by atoms with E-state index in [4.69, 9.17) is 9.47 Å². The van der Waals surface area contributed by atoms with Crippen LogP contribution < -0.4 is 10.3 Å². The third kappa shape index (κ3) is 3.45. The van der Waals surface area contributed by atoms with Gasteiger partial charge in [0.1, 0.15) is 11.4 Å². The van der Waals surface area contributed by atoms with Gasteiger partial charge in [-0.05, 0) is 56.2 Å². The highest BCUT2D eigenvalue weighted by atomic mass is 16.6. The van der Waals surface area contributed by atoms with Crippen LogP contribution in [0.4, 0.5) is 4.79 Å². The van der Waals surface area contributed by atoms with Crippen molar-refractivity contribution in [2.24, 2.45) is 7.05 Å². The number of carbonyl (C=O) groups excluding carboxylic acids is 1. The van der Waals surface area contributed by atoms with Crippen LogP contribution in [0.3, 0.4) is 0 Å². The molecule has 6 heteroatoms. The van der Waals surface area contributed by atoms with Gasteiger partial charge in [-0.25, -0.2) is 4.79 Å². The summed E-state index contributed by atoms with van der Waals surface area (Å²) in [6.45, 7) is 6.46. The zero-order chi connectivity index (χ0) is 19.1. The van der Waals surface area contributed by atoms with Crippen LogP contribution in [0.1, 0.15) is 31.9 Å². The van der Waals surface area contributed by atoms with Gasteiger partial charge in [0, 0.05) is 31.9 Å². The number of aryl methyl sites for hydroxylation is 1. The molecule has 1 aromatic carbocycles. The molecule has 0 unspecified atom stereocenters. The van der Waals surface area contributed by atoms with Crippen molar-refractivity contribution in [1.29, 1.82) is 0 Å². The fourth-order valence-corrected chi connectivity index (χ4v) is 3.07. The molecule has 0 saturated heterocycles. The summed E-state index contributed by atoms with van der Waals surface area (Å²) in [7, 11) is 3.30. The van der Waals surface area contributed by atoms with Gasteiger partial charge in [0.25, 0.3) is 5.56 Å². The number of pyridine rings is 1. The van der Waals surface area contributed by atoms with Crippen molar-refractivity contribution in [3.8, 4) is 16.9 Å². The van der Waals surface area contributed by atoms with Crippen LogP contribution in [0.2, 0.25) is 0 Å². The number of nitrogens with zero attached hydrogens (tertiary/aromatic N) is 2. The standard InChI is InChI=1S/C20H24N2O4/c1-20(2,3)26-19(24)22-11-13-9-16(17(25-5)10-14(13)12-22)15-7-6-8-21(4)18(15)23/h6-10H,11-12H2,1-5H3. The minimum absolute atomic E-state index is 0.0901. The Morgan fingerprint density at radius 3 is 2.38 bits per heavy atom. The Morgan fingerprint density at radius 1 is 1.12 bits per heavy atom. The molecule has 0 N–H and O–H groups in total. The van der Waals surface area contributed by atoms with Crippen LogP contribution in [-0.4, -0.2) is 28.3 Å². The maximum absolute atomic E-state index is 12.5. The summed E-state index contributed by atoms with van der Waals surface area (Å²) in [5, 5.41) is 0. The van der Waals surface area contributed by atoms with Crippen molar-refractivity contribution in [1.82, 2.24) is 9.47 Å². The first kappa shape index (κ1) is 18.0. The van der Waals surface area contributed by atoms with E-state index in [2.05, 4.69) is 0 Å². The van der Waals surface area contributed by atoms with E-state index in [1.165, 1.54) is 4.57 Å². The molecule has 1 aliphatic heterocycles. The predicted molar refractivity (Wildman–Crippen MR) is 99.2 cm³/mol. The number of aromatic nitrogens is 1. The first-order valence-corrected chi connectivity index (χ1v) is 8.53. The molecule has 1 amide bonds. The number of methoxy groups -OCH3 is 1. The highest BCUT2D eigenvalue weighted by Crippen LogP contribution is 2.35. The van der Waals surface area contributed by atoms with Gasteiger partial charge in [0.2, 0.25) is 0 Å². The lowest BCUT2D eigenvalue weighted by Crippen LogP contribution is -2.33. The molecule has 1 aromatic heterocycles. The molecule has 1 aliphatic rings. The lowest BCUT2D eigenvalue weighted by Gasteiger charge is -2.24. The molecule has 3 rings (SSSR count). The Morgan fingerprint density at radius 2 is 1.77 bits per heavy atom. The van der Waals surface area contributed by atoms with E-state index in [-0.39, 0.29) is 11.7 Å². The number of hydrogen-bond donors (Lipinski definition) is 0. The third-order valence-corrected chi connectivity index (χ3v) is 4.31. The molecule has 2 heterocycles. The fraction of sp³-hybridized carbons (Fsp3) is 0.400. The number of carbonyl (C=O) groups is 1. The summed E-state index contributed by atoms with van der Waals surface area (Å²) in [6.07, 6.45) is 1.38. The zero-order valence-electron chi connectivity index (χ0n) is 15.8. The molecule has 0 aliphatic carbocycles. The van der Waals surface area contributed by atoms with E-state index in [0.717, 1.165) is 16.7 Å². The lowest BCUT2D eigenvalue weighted by atomic mass is 10.00. The largest absolute Gasteiger partial charge is 0.496 e. The highest BCUT2D eigenvalue weighted by Gasteiger charge is 2.29. The SMILES string of the molecule is COc1cc2c(cc1-c1cccn(C)c1=O)CN(C(=O)OC(C)(C)C)C2. The van der Waals surface area contributed by atoms with E-state index >= 15 is 0 Å². The van der Waals surface area contributed by atoms with Gasteiger partial charge >= 0.3 is 6.09 Å². The van der Waals surface area contributed by atoms with E-state index in [9.17, 15) is 9.59 Å². The second-order valence-electron chi connectivity index (χ2n) is 7.50. The van der Waals surface area contributed by atoms with Crippen LogP contribution in [-0.2, 0) is 24.9 Å². The summed E-state index contributed by atoms with van der Waals surface area (Å²) in [4.78, 5) is 26.5. The van der Waals surface area contributed by atoms with Gasteiger partial charge in [0.05, 0.1) is 12.7 Å². The van der Waals surface area contributed by atoms with Crippen molar-refractivity contribution >= 4 is 6.09 Å². The highest BCUT2D eigenvalue weighted by molar-refractivity contribution is 5.74. The normalized spacial score (nSPS) is 13.5. The minimum atomic E-state index is -0.537. The molecule has 0 saturated carbocycles. The van der Waals surface area contributed by atoms with E-state index in [1.807, 2.05) is 39.0 Å². The van der Waals surface area contributed by atoms with Crippen molar-refractivity contribution in [2.75, 3.05) is 7.11 Å². The smallest absolute Gasteiger partial charge is 0.410 e. The molecule has 0 bridgehead atoms. The Bertz CT molecular complexity index is 909. The maximum Gasteiger partial charge on any atom is 0.410 e. The Kier molecular flexibility index (Phi) is 4.52. The molecule has 26 heavy (non-hydrogen) atoms. The number of hydrogen-bond acceptors (Lipinski definition) is 4. The number of amides is 1. The van der Waals surface area contributed by atoms with E-state index in [1.54, 1.807) is 31.3 Å². The Labute approximate surface area is 153 Å². The quantitative estimate of drug-likeness (QED) is 0.828. The van der Waals surface area contributed by atoms with Crippen molar-refractivity contribution < 1.29 is 14.3 Å². The molecule has 138 valence electrons. The lowest BCUT2D eigenvalue weighted by molar-refractivity contribution is 0.0242. The molecule has 0 fully saturated rings. The van der Waals surface area contributed by atoms with E-state index < -0.39 is 5.60 Å². The summed E-state index contributed by atoms with van der Waals surface area (Å²) < 4.78 is 12.5. The maximum atomic E-state index is 12.5. The summed E-state index contributed by atoms with van der Waals surface area (Å²) >= 11 is 0. The second-order valence-corrected chi connectivity index (χ2v) is 7.50. The average molecular weight is 356 g/mol. The van der Waals surface area contributed by atoms with E-state index in [0.29, 0.717) is 24.4 Å². The predicted octanol–water partition coefficient (Wildman–Crippen LogP) is 3.31. The molecule has 0 atom stereocenters. The number of benzene rings is 1. The van der Waals surface area contributed by atoms with Crippen LogP contribution in [0.15, 0.2) is 35.3 Å². The topological polar surface area (TPSA) is 60.8 Å². The van der Waals surface area contributed by atoms with Crippen LogP contribution in [0.5, 0.6) is 5.75 Å². The van der Waals surface area contributed by atoms with Crippen LogP contribution in [0, 0.1) is 0 Å². The monoisotopic (exact) mass is 356 g/mol. The Balaban J connectivity index is 1.97. The number of rotatable bonds is 2.